The fourth-order valence-corrected chi connectivity index (χ4v) is 7.48. The predicted molar refractivity (Wildman–Crippen MR) is 241 cm³/mol. The summed E-state index contributed by atoms with van der Waals surface area (Å²) in [4.78, 5) is 26.0. The molecule has 0 rings (SSSR count). The number of unbranched alkanes of at least 4 members (excludes halogenated alkanes) is 28. The maximum atomic E-state index is 13.1. The van der Waals surface area contributed by atoms with Crippen LogP contribution in [0, 0.1) is 0 Å². The van der Waals surface area contributed by atoms with Gasteiger partial charge in [0.2, 0.25) is 5.91 Å². The van der Waals surface area contributed by atoms with Crippen LogP contribution in [-0.2, 0) is 14.3 Å². The molecule has 3 atom stereocenters. The first-order valence-corrected chi connectivity index (χ1v) is 24.6. The molecular weight excluding hydrogens is 695 g/mol. The van der Waals surface area contributed by atoms with Gasteiger partial charge in [0.1, 0.15) is 6.10 Å². The van der Waals surface area contributed by atoms with Crippen molar-refractivity contribution in [2.75, 3.05) is 6.61 Å². The molecule has 6 heteroatoms. The van der Waals surface area contributed by atoms with E-state index in [4.69, 9.17) is 4.74 Å². The Morgan fingerprint density at radius 1 is 0.500 bits per heavy atom. The topological polar surface area (TPSA) is 95.9 Å². The van der Waals surface area contributed by atoms with Crippen LogP contribution in [0.4, 0.5) is 0 Å². The van der Waals surface area contributed by atoms with E-state index in [9.17, 15) is 19.8 Å². The van der Waals surface area contributed by atoms with E-state index in [2.05, 4.69) is 50.4 Å². The van der Waals surface area contributed by atoms with Crippen LogP contribution in [-0.4, -0.2) is 46.9 Å². The maximum Gasteiger partial charge on any atom is 0.306 e. The zero-order chi connectivity index (χ0) is 41.0. The number of allylic oxidation sites excluding steroid dienone is 4. The van der Waals surface area contributed by atoms with E-state index >= 15 is 0 Å². The Kier molecular flexibility index (Phi) is 43.1. The third-order valence-corrected chi connectivity index (χ3v) is 11.3. The lowest BCUT2D eigenvalue weighted by Crippen LogP contribution is -2.46. The Hall–Kier alpha value is -1.66. The summed E-state index contributed by atoms with van der Waals surface area (Å²) in [6.45, 7) is 6.44. The second-order valence-electron chi connectivity index (χ2n) is 16.9. The number of hydrogen-bond donors (Lipinski definition) is 3. The lowest BCUT2D eigenvalue weighted by Gasteiger charge is -2.24. The number of amides is 1. The first kappa shape index (κ1) is 54.3. The zero-order valence-electron chi connectivity index (χ0n) is 37.5. The second-order valence-corrected chi connectivity index (χ2v) is 16.9. The largest absolute Gasteiger partial charge is 0.462 e. The molecule has 0 bridgehead atoms. The van der Waals surface area contributed by atoms with Crippen LogP contribution in [0.15, 0.2) is 24.3 Å². The molecule has 3 unspecified atom stereocenters. The third-order valence-electron chi connectivity index (χ3n) is 11.3. The highest BCUT2D eigenvalue weighted by molar-refractivity contribution is 5.77. The van der Waals surface area contributed by atoms with E-state index in [-0.39, 0.29) is 24.9 Å². The van der Waals surface area contributed by atoms with Crippen LogP contribution >= 0.6 is 0 Å². The zero-order valence-corrected chi connectivity index (χ0v) is 37.5. The number of carbonyl (C=O) groups excluding carboxylic acids is 2. The van der Waals surface area contributed by atoms with Crippen molar-refractivity contribution in [1.82, 2.24) is 5.32 Å². The molecule has 0 heterocycles. The molecule has 0 spiro atoms. The van der Waals surface area contributed by atoms with Crippen LogP contribution in [0.3, 0.4) is 0 Å². The molecule has 0 aromatic heterocycles. The van der Waals surface area contributed by atoms with Crippen molar-refractivity contribution in [3.8, 4) is 0 Å². The average molecular weight is 790 g/mol. The molecule has 0 fully saturated rings. The first-order valence-electron chi connectivity index (χ1n) is 24.6. The molecular formula is C50H95NO5. The van der Waals surface area contributed by atoms with Crippen molar-refractivity contribution in [3.63, 3.8) is 0 Å². The van der Waals surface area contributed by atoms with E-state index in [0.717, 1.165) is 64.2 Å². The molecule has 6 nitrogen and oxygen atoms in total. The molecule has 330 valence electrons. The summed E-state index contributed by atoms with van der Waals surface area (Å²) in [5.74, 6) is -0.488. The van der Waals surface area contributed by atoms with Crippen molar-refractivity contribution < 1.29 is 24.5 Å². The maximum absolute atomic E-state index is 13.1. The van der Waals surface area contributed by atoms with Gasteiger partial charge in [-0.25, -0.2) is 0 Å². The summed E-state index contributed by atoms with van der Waals surface area (Å²) in [5, 5.41) is 23.7. The van der Waals surface area contributed by atoms with Gasteiger partial charge in [-0.15, -0.1) is 0 Å². The van der Waals surface area contributed by atoms with Gasteiger partial charge in [0.15, 0.2) is 0 Å². The molecule has 0 aliphatic carbocycles. The summed E-state index contributed by atoms with van der Waals surface area (Å²) in [6.07, 6.45) is 49.5. The van der Waals surface area contributed by atoms with Crippen molar-refractivity contribution in [1.29, 1.82) is 0 Å². The Morgan fingerprint density at radius 3 is 1.34 bits per heavy atom. The number of nitrogens with one attached hydrogen (secondary N) is 1. The summed E-state index contributed by atoms with van der Waals surface area (Å²) in [5.41, 5.74) is 0. The highest BCUT2D eigenvalue weighted by Gasteiger charge is 2.24. The molecule has 0 saturated carbocycles. The van der Waals surface area contributed by atoms with Gasteiger partial charge in [-0.3, -0.25) is 9.59 Å². The number of hydrogen-bond acceptors (Lipinski definition) is 5. The fourth-order valence-electron chi connectivity index (χ4n) is 7.48. The van der Waals surface area contributed by atoms with Gasteiger partial charge in [-0.05, 0) is 77.0 Å². The molecule has 0 aromatic rings. The van der Waals surface area contributed by atoms with Gasteiger partial charge in [-0.2, -0.15) is 0 Å². The van der Waals surface area contributed by atoms with Gasteiger partial charge in [0.05, 0.1) is 25.2 Å². The Balaban J connectivity index is 4.52. The van der Waals surface area contributed by atoms with Crippen molar-refractivity contribution in [3.05, 3.63) is 24.3 Å². The average Bonchev–Trinajstić information content (AvgIpc) is 3.19. The molecule has 0 saturated heterocycles. The molecule has 56 heavy (non-hydrogen) atoms. The number of rotatable bonds is 44. The minimum Gasteiger partial charge on any atom is -0.462 e. The summed E-state index contributed by atoms with van der Waals surface area (Å²) in [6, 6.07) is -0.701. The lowest BCUT2D eigenvalue weighted by molar-refractivity contribution is -0.151. The number of aliphatic hydroxyl groups is 2. The van der Waals surface area contributed by atoms with Crippen molar-refractivity contribution in [2.45, 2.75) is 277 Å². The minimum atomic E-state index is -0.787. The van der Waals surface area contributed by atoms with E-state index < -0.39 is 18.2 Å². The summed E-state index contributed by atoms with van der Waals surface area (Å²) < 4.78 is 5.90. The van der Waals surface area contributed by atoms with Gasteiger partial charge in [-0.1, -0.05) is 193 Å². The Bertz CT molecular complexity index is 889. The monoisotopic (exact) mass is 790 g/mol. The molecule has 0 aromatic carbocycles. The summed E-state index contributed by atoms with van der Waals surface area (Å²) >= 11 is 0. The smallest absolute Gasteiger partial charge is 0.306 e. The van der Waals surface area contributed by atoms with E-state index in [1.807, 2.05) is 0 Å². The van der Waals surface area contributed by atoms with Crippen LogP contribution in [0.25, 0.3) is 0 Å². The lowest BCUT2D eigenvalue weighted by atomic mass is 10.0. The van der Waals surface area contributed by atoms with E-state index in [0.29, 0.717) is 19.3 Å². The van der Waals surface area contributed by atoms with Crippen molar-refractivity contribution in [2.24, 2.45) is 0 Å². The number of carbonyl (C=O) groups is 2. The van der Waals surface area contributed by atoms with Crippen molar-refractivity contribution >= 4 is 11.9 Å². The number of aliphatic hydroxyl groups excluding tert-OH is 2. The van der Waals surface area contributed by atoms with Gasteiger partial charge in [0.25, 0.3) is 0 Å². The Morgan fingerprint density at radius 2 is 0.857 bits per heavy atom. The fraction of sp³-hybridized carbons (Fsp3) is 0.880. The predicted octanol–water partition coefficient (Wildman–Crippen LogP) is 14.3. The molecule has 0 aliphatic heterocycles. The third kappa shape index (κ3) is 39.2. The second kappa shape index (κ2) is 44.4. The number of esters is 1. The quantitative estimate of drug-likeness (QED) is 0.0324. The molecule has 0 radical (unpaired) electrons. The molecule has 0 aliphatic rings. The highest BCUT2D eigenvalue weighted by atomic mass is 16.5. The van der Waals surface area contributed by atoms with Crippen LogP contribution in [0.5, 0.6) is 0 Å². The number of ether oxygens (including phenoxy) is 1. The van der Waals surface area contributed by atoms with Crippen LogP contribution in [0.1, 0.15) is 258 Å². The van der Waals surface area contributed by atoms with Gasteiger partial charge >= 0.3 is 5.97 Å². The normalized spacial score (nSPS) is 13.4. The molecule has 3 N–H and O–H groups in total. The van der Waals surface area contributed by atoms with Gasteiger partial charge in [0, 0.05) is 6.42 Å². The highest BCUT2D eigenvalue weighted by Crippen LogP contribution is 2.17. The van der Waals surface area contributed by atoms with Crippen LogP contribution in [0.2, 0.25) is 0 Å². The SMILES string of the molecule is CCCCC/C=C\CCCCCC(CC(=O)NC(CO)C(O)CCCCCCCCCCCCCC)OC(=O)CCCCCCCCC/C=C\CCCCCC. The van der Waals surface area contributed by atoms with E-state index in [1.54, 1.807) is 0 Å². The van der Waals surface area contributed by atoms with E-state index in [1.165, 1.54) is 148 Å². The Labute approximate surface area is 348 Å². The van der Waals surface area contributed by atoms with Gasteiger partial charge < -0.3 is 20.3 Å². The summed E-state index contributed by atoms with van der Waals surface area (Å²) in [7, 11) is 0. The standard InChI is InChI=1S/C50H95NO5/c1-4-7-10-13-16-19-22-24-25-26-28-31-34-37-40-43-50(55)56-46(41-38-35-32-29-21-18-15-12-9-6-3)44-49(54)51-47(45-52)48(53)42-39-36-33-30-27-23-20-17-14-11-8-5-2/h18-19,21-22,46-48,52-53H,4-17,20,23-45H2,1-3H3,(H,51,54)/b21-18-,22-19-. The molecule has 1 amide bonds. The van der Waals surface area contributed by atoms with Crippen LogP contribution < -0.4 is 5.32 Å². The minimum absolute atomic E-state index is 0.0684. The first-order chi connectivity index (χ1) is 27.5.